The number of alkyl halides is 3. The van der Waals surface area contributed by atoms with Crippen LogP contribution in [0.2, 0.25) is 0 Å². The van der Waals surface area contributed by atoms with Crippen molar-refractivity contribution < 1.29 is 13.2 Å². The van der Waals surface area contributed by atoms with E-state index in [-0.39, 0.29) is 13.0 Å². The summed E-state index contributed by atoms with van der Waals surface area (Å²) in [6.45, 7) is 1.52. The van der Waals surface area contributed by atoms with E-state index >= 15 is 0 Å². The molecule has 0 saturated carbocycles. The van der Waals surface area contributed by atoms with Crippen LogP contribution < -0.4 is 10.2 Å². The van der Waals surface area contributed by atoms with E-state index in [1.54, 1.807) is 6.07 Å². The highest BCUT2D eigenvalue weighted by molar-refractivity contribution is 7.80. The fourth-order valence-corrected chi connectivity index (χ4v) is 2.14. The molecule has 8 heteroatoms. The lowest BCUT2D eigenvalue weighted by atomic mass is 10.2. The van der Waals surface area contributed by atoms with Crippen LogP contribution in [0.4, 0.5) is 18.9 Å². The second-order valence-electron chi connectivity index (χ2n) is 5.14. The van der Waals surface area contributed by atoms with Crippen molar-refractivity contribution in [2.75, 3.05) is 38.6 Å². The minimum atomic E-state index is -4.42. The van der Waals surface area contributed by atoms with Gasteiger partial charge in [-0.2, -0.15) is 18.4 Å². The van der Waals surface area contributed by atoms with Gasteiger partial charge in [-0.15, -0.1) is 0 Å². The van der Waals surface area contributed by atoms with E-state index in [0.717, 1.165) is 18.7 Å². The Hall–Kier alpha value is -1.85. The summed E-state index contributed by atoms with van der Waals surface area (Å²) in [6.07, 6.45) is -4.26. The van der Waals surface area contributed by atoms with Crippen LogP contribution in [0.15, 0.2) is 24.3 Å². The standard InChI is InChI=1S/C15H19F3N4S/c1-21(2)10-8-20-14(23)22(9-4-7-19)13-6-3-5-12(11-13)15(16,17)18/h3,5-6,11H,4,8-10H2,1-2H3,(H,20,23). The fraction of sp³-hybridized carbons (Fsp3) is 0.467. The van der Waals surface area contributed by atoms with Gasteiger partial charge in [0.1, 0.15) is 0 Å². The van der Waals surface area contributed by atoms with Crippen LogP contribution in [0.3, 0.4) is 0 Å². The zero-order chi connectivity index (χ0) is 17.5. The number of likely N-dealkylation sites (N-methyl/N-ethyl adjacent to an activating group) is 1. The average Bonchev–Trinajstić information content (AvgIpc) is 2.46. The number of anilines is 1. The molecule has 0 aliphatic carbocycles. The van der Waals surface area contributed by atoms with Gasteiger partial charge in [-0.1, -0.05) is 6.07 Å². The molecule has 1 rings (SSSR count). The first-order chi connectivity index (χ1) is 10.8. The van der Waals surface area contributed by atoms with Crippen molar-refractivity contribution in [1.29, 1.82) is 5.26 Å². The normalized spacial score (nSPS) is 11.2. The Labute approximate surface area is 139 Å². The molecule has 0 fully saturated rings. The maximum absolute atomic E-state index is 12.9. The molecule has 0 heterocycles. The Morgan fingerprint density at radius 3 is 2.57 bits per heavy atom. The zero-order valence-electron chi connectivity index (χ0n) is 13.0. The number of hydrogen-bond acceptors (Lipinski definition) is 3. The van der Waals surface area contributed by atoms with E-state index in [1.807, 2.05) is 25.1 Å². The zero-order valence-corrected chi connectivity index (χ0v) is 13.8. The number of nitriles is 1. The van der Waals surface area contributed by atoms with E-state index < -0.39 is 11.7 Å². The lowest BCUT2D eigenvalue weighted by molar-refractivity contribution is -0.137. The van der Waals surface area contributed by atoms with Crippen LogP contribution >= 0.6 is 12.2 Å². The van der Waals surface area contributed by atoms with Crippen molar-refractivity contribution in [2.45, 2.75) is 12.6 Å². The molecular formula is C15H19F3N4S. The average molecular weight is 344 g/mol. The molecule has 0 atom stereocenters. The lowest BCUT2D eigenvalue weighted by Gasteiger charge is -2.26. The SMILES string of the molecule is CN(C)CCNC(=S)N(CCC#N)c1cccc(C(F)(F)F)c1. The van der Waals surface area contributed by atoms with E-state index in [0.29, 0.717) is 17.3 Å². The second-order valence-corrected chi connectivity index (χ2v) is 5.53. The van der Waals surface area contributed by atoms with E-state index in [4.69, 9.17) is 17.5 Å². The highest BCUT2D eigenvalue weighted by Crippen LogP contribution is 2.31. The molecule has 1 N–H and O–H groups in total. The number of nitrogens with one attached hydrogen (secondary N) is 1. The summed E-state index contributed by atoms with van der Waals surface area (Å²) in [5.74, 6) is 0. The summed E-state index contributed by atoms with van der Waals surface area (Å²) in [4.78, 5) is 3.48. The molecule has 0 radical (unpaired) electrons. The van der Waals surface area contributed by atoms with Gasteiger partial charge in [-0.3, -0.25) is 0 Å². The molecule has 0 aliphatic rings. The Morgan fingerprint density at radius 1 is 1.30 bits per heavy atom. The Kier molecular flexibility index (Phi) is 7.26. The highest BCUT2D eigenvalue weighted by Gasteiger charge is 2.31. The Morgan fingerprint density at radius 2 is 2.00 bits per heavy atom. The molecule has 1 aromatic carbocycles. The predicted octanol–water partition coefficient (Wildman–Crippen LogP) is 2.86. The molecule has 126 valence electrons. The van der Waals surface area contributed by atoms with Gasteiger partial charge < -0.3 is 15.1 Å². The molecule has 0 saturated heterocycles. The summed E-state index contributed by atoms with van der Waals surface area (Å²) in [7, 11) is 3.82. The smallest absolute Gasteiger partial charge is 0.361 e. The molecule has 0 unspecified atom stereocenters. The third-order valence-corrected chi connectivity index (χ3v) is 3.38. The Balaban J connectivity index is 2.93. The van der Waals surface area contributed by atoms with Crippen LogP contribution in [0.25, 0.3) is 0 Å². The first-order valence-corrected chi connectivity index (χ1v) is 7.41. The predicted molar refractivity (Wildman–Crippen MR) is 88.2 cm³/mol. The molecule has 4 nitrogen and oxygen atoms in total. The summed E-state index contributed by atoms with van der Waals surface area (Å²) in [5.41, 5.74) is -0.425. The largest absolute Gasteiger partial charge is 0.416 e. The van der Waals surface area contributed by atoms with Gasteiger partial charge in [-0.05, 0) is 44.5 Å². The third kappa shape index (κ3) is 6.42. The highest BCUT2D eigenvalue weighted by atomic mass is 32.1. The van der Waals surface area contributed by atoms with Crippen LogP contribution in [-0.4, -0.2) is 43.7 Å². The number of thiocarbonyl (C=S) groups is 1. The molecule has 1 aromatic rings. The van der Waals surface area contributed by atoms with E-state index in [1.165, 1.54) is 11.0 Å². The number of hydrogen-bond donors (Lipinski definition) is 1. The van der Waals surface area contributed by atoms with Crippen LogP contribution in [0, 0.1) is 11.3 Å². The quantitative estimate of drug-likeness (QED) is 0.804. The summed E-state index contributed by atoms with van der Waals surface area (Å²) < 4.78 is 38.6. The van der Waals surface area contributed by atoms with Crippen molar-refractivity contribution in [3.8, 4) is 6.07 Å². The summed E-state index contributed by atoms with van der Waals surface area (Å²) >= 11 is 5.27. The van der Waals surface area contributed by atoms with Crippen molar-refractivity contribution in [3.63, 3.8) is 0 Å². The topological polar surface area (TPSA) is 42.3 Å². The van der Waals surface area contributed by atoms with E-state index in [2.05, 4.69) is 5.32 Å². The van der Waals surface area contributed by atoms with Crippen molar-refractivity contribution in [2.24, 2.45) is 0 Å². The van der Waals surface area contributed by atoms with Gasteiger partial charge in [0.05, 0.1) is 18.1 Å². The fourth-order valence-electron chi connectivity index (χ4n) is 1.84. The maximum atomic E-state index is 12.9. The molecule has 23 heavy (non-hydrogen) atoms. The number of halogens is 3. The monoisotopic (exact) mass is 344 g/mol. The maximum Gasteiger partial charge on any atom is 0.416 e. The van der Waals surface area contributed by atoms with Crippen LogP contribution in [-0.2, 0) is 6.18 Å². The van der Waals surface area contributed by atoms with Crippen LogP contribution in [0.5, 0.6) is 0 Å². The molecular weight excluding hydrogens is 325 g/mol. The van der Waals surface area contributed by atoms with Crippen molar-refractivity contribution in [3.05, 3.63) is 29.8 Å². The number of rotatable bonds is 6. The lowest BCUT2D eigenvalue weighted by Crippen LogP contribution is -2.42. The minimum Gasteiger partial charge on any atom is -0.361 e. The molecule has 0 bridgehead atoms. The first kappa shape index (κ1) is 19.2. The molecule has 0 spiro atoms. The van der Waals surface area contributed by atoms with Gasteiger partial charge in [0.2, 0.25) is 0 Å². The number of benzene rings is 1. The first-order valence-electron chi connectivity index (χ1n) is 7.00. The van der Waals surface area contributed by atoms with E-state index in [9.17, 15) is 13.2 Å². The third-order valence-electron chi connectivity index (χ3n) is 3.01. The van der Waals surface area contributed by atoms with Gasteiger partial charge in [0.25, 0.3) is 0 Å². The van der Waals surface area contributed by atoms with Crippen molar-refractivity contribution >= 4 is 23.0 Å². The minimum absolute atomic E-state index is 0.158. The van der Waals surface area contributed by atoms with Gasteiger partial charge >= 0.3 is 6.18 Å². The van der Waals surface area contributed by atoms with Gasteiger partial charge in [0.15, 0.2) is 5.11 Å². The summed E-state index contributed by atoms with van der Waals surface area (Å²) in [6, 6.07) is 6.91. The molecule has 0 aromatic heterocycles. The van der Waals surface area contributed by atoms with Gasteiger partial charge in [-0.25, -0.2) is 0 Å². The molecule has 0 amide bonds. The van der Waals surface area contributed by atoms with Crippen molar-refractivity contribution in [1.82, 2.24) is 10.2 Å². The second kappa shape index (κ2) is 8.70. The Bertz CT molecular complexity index is 567. The summed E-state index contributed by atoms with van der Waals surface area (Å²) in [5, 5.41) is 12.1. The number of nitrogens with zero attached hydrogens (tertiary/aromatic N) is 3. The van der Waals surface area contributed by atoms with Gasteiger partial charge in [0, 0.05) is 25.3 Å². The molecule has 0 aliphatic heterocycles. The van der Waals surface area contributed by atoms with Crippen LogP contribution in [0.1, 0.15) is 12.0 Å².